The van der Waals surface area contributed by atoms with E-state index in [9.17, 15) is 13.2 Å². The van der Waals surface area contributed by atoms with Gasteiger partial charge < -0.3 is 14.8 Å². The van der Waals surface area contributed by atoms with Crippen molar-refractivity contribution in [3.63, 3.8) is 0 Å². The Hall–Kier alpha value is -4.18. The summed E-state index contributed by atoms with van der Waals surface area (Å²) in [5.74, 6) is 0.198. The number of benzene rings is 4. The van der Waals surface area contributed by atoms with E-state index in [1.807, 2.05) is 42.5 Å². The molecule has 0 spiro atoms. The first-order chi connectivity index (χ1) is 20.4. The molecule has 1 fully saturated rings. The molecule has 0 unspecified atom stereocenters. The monoisotopic (exact) mass is 585 g/mol. The van der Waals surface area contributed by atoms with Gasteiger partial charge >= 0.3 is 0 Å². The Balaban J connectivity index is 1.36. The highest BCUT2D eigenvalue weighted by Gasteiger charge is 2.28. The van der Waals surface area contributed by atoms with Crippen LogP contribution in [0.25, 0.3) is 0 Å². The molecule has 1 heterocycles. The van der Waals surface area contributed by atoms with Crippen molar-refractivity contribution in [1.82, 2.24) is 10.2 Å². The SMILES string of the molecule is COc1ccc(S(=O)(=O)N(Cc2ccccc2)c2ccccc2C(=O)NCc2ccc(CN3CCOCC3)cc2)cc1. The lowest BCUT2D eigenvalue weighted by Gasteiger charge is -2.27. The highest BCUT2D eigenvalue weighted by atomic mass is 32.2. The van der Waals surface area contributed by atoms with Gasteiger partial charge in [0.05, 0.1) is 43.0 Å². The summed E-state index contributed by atoms with van der Waals surface area (Å²) in [5.41, 5.74) is 3.53. The number of sulfonamides is 1. The molecule has 1 amide bonds. The average Bonchev–Trinajstić information content (AvgIpc) is 3.04. The fourth-order valence-corrected chi connectivity index (χ4v) is 6.34. The van der Waals surface area contributed by atoms with Crippen molar-refractivity contribution >= 4 is 21.6 Å². The third-order valence-electron chi connectivity index (χ3n) is 7.22. The standard InChI is InChI=1S/C33H35N3O5S/c1-40-29-15-17-30(18-16-29)42(38,39)36(25-27-7-3-2-4-8-27)32-10-6-5-9-31(32)33(37)34-23-26-11-13-28(14-12-26)24-35-19-21-41-22-20-35/h2-18H,19-25H2,1H3,(H,34,37). The number of hydrogen-bond donors (Lipinski definition) is 1. The largest absolute Gasteiger partial charge is 0.497 e. The highest BCUT2D eigenvalue weighted by Crippen LogP contribution is 2.30. The van der Waals surface area contributed by atoms with Gasteiger partial charge in [-0.1, -0.05) is 66.7 Å². The van der Waals surface area contributed by atoms with E-state index in [4.69, 9.17) is 9.47 Å². The molecule has 0 aromatic heterocycles. The second-order valence-electron chi connectivity index (χ2n) is 10.1. The lowest BCUT2D eigenvalue weighted by molar-refractivity contribution is 0.0342. The maximum Gasteiger partial charge on any atom is 0.264 e. The molecule has 1 aliphatic rings. The van der Waals surface area contributed by atoms with E-state index in [1.54, 1.807) is 36.4 Å². The van der Waals surface area contributed by atoms with E-state index >= 15 is 0 Å². The number of nitrogens with one attached hydrogen (secondary N) is 1. The normalized spacial score (nSPS) is 13.8. The van der Waals surface area contributed by atoms with Gasteiger partial charge in [0, 0.05) is 26.2 Å². The number of methoxy groups -OCH3 is 1. The maximum absolute atomic E-state index is 14.0. The summed E-state index contributed by atoms with van der Waals surface area (Å²) in [5, 5.41) is 2.98. The molecule has 0 saturated carbocycles. The van der Waals surface area contributed by atoms with Gasteiger partial charge in [0.1, 0.15) is 5.75 Å². The number of hydrogen-bond acceptors (Lipinski definition) is 6. The Labute approximate surface area is 247 Å². The molecule has 1 saturated heterocycles. The third-order valence-corrected chi connectivity index (χ3v) is 8.99. The van der Waals surface area contributed by atoms with Crippen LogP contribution in [-0.2, 0) is 34.4 Å². The molecule has 5 rings (SSSR count). The van der Waals surface area contributed by atoms with Crippen LogP contribution in [0.1, 0.15) is 27.0 Å². The Bertz CT molecular complexity index is 1570. The van der Waals surface area contributed by atoms with Gasteiger partial charge in [-0.25, -0.2) is 8.42 Å². The molecule has 4 aromatic rings. The van der Waals surface area contributed by atoms with Gasteiger partial charge in [-0.2, -0.15) is 0 Å². The maximum atomic E-state index is 14.0. The summed E-state index contributed by atoms with van der Waals surface area (Å²) in [4.78, 5) is 16.0. The zero-order valence-electron chi connectivity index (χ0n) is 23.6. The fraction of sp³-hybridized carbons (Fsp3) is 0.242. The molecule has 1 N–H and O–H groups in total. The van der Waals surface area contributed by atoms with Crippen molar-refractivity contribution in [2.75, 3.05) is 37.7 Å². The quantitative estimate of drug-likeness (QED) is 0.271. The van der Waals surface area contributed by atoms with Crippen molar-refractivity contribution in [3.8, 4) is 5.75 Å². The summed E-state index contributed by atoms with van der Waals surface area (Å²) < 4.78 is 39.9. The number of para-hydroxylation sites is 1. The topological polar surface area (TPSA) is 88.2 Å². The number of morpholine rings is 1. The Kier molecular flexibility index (Phi) is 9.53. The zero-order valence-corrected chi connectivity index (χ0v) is 24.4. The van der Waals surface area contributed by atoms with Crippen LogP contribution in [0.4, 0.5) is 5.69 Å². The lowest BCUT2D eigenvalue weighted by Crippen LogP contribution is -2.35. The van der Waals surface area contributed by atoms with Gasteiger partial charge in [-0.3, -0.25) is 14.0 Å². The molecule has 42 heavy (non-hydrogen) atoms. The van der Waals surface area contributed by atoms with E-state index in [1.165, 1.54) is 29.1 Å². The van der Waals surface area contributed by atoms with E-state index < -0.39 is 10.0 Å². The molecule has 9 heteroatoms. The van der Waals surface area contributed by atoms with Crippen LogP contribution in [0.5, 0.6) is 5.75 Å². The van der Waals surface area contributed by atoms with E-state index in [2.05, 4.69) is 22.3 Å². The summed E-state index contributed by atoms with van der Waals surface area (Å²) >= 11 is 0. The summed E-state index contributed by atoms with van der Waals surface area (Å²) in [6.07, 6.45) is 0. The second kappa shape index (κ2) is 13.7. The van der Waals surface area contributed by atoms with Gasteiger partial charge in [-0.05, 0) is 53.1 Å². The number of carbonyl (C=O) groups excluding carboxylic acids is 1. The first-order valence-electron chi connectivity index (χ1n) is 13.9. The average molecular weight is 586 g/mol. The van der Waals surface area contributed by atoms with E-state index in [-0.39, 0.29) is 22.9 Å². The number of rotatable bonds is 11. The van der Waals surface area contributed by atoms with Crippen LogP contribution in [-0.4, -0.2) is 52.6 Å². The molecule has 0 atom stereocenters. The Morgan fingerprint density at radius 3 is 2.17 bits per heavy atom. The molecule has 0 aliphatic carbocycles. The van der Waals surface area contributed by atoms with Crippen LogP contribution < -0.4 is 14.4 Å². The Morgan fingerprint density at radius 2 is 1.48 bits per heavy atom. The first-order valence-corrected chi connectivity index (χ1v) is 15.3. The van der Waals surface area contributed by atoms with E-state index in [0.717, 1.165) is 44.0 Å². The van der Waals surface area contributed by atoms with Gasteiger partial charge in [0.15, 0.2) is 0 Å². The molecular formula is C33H35N3O5S. The third kappa shape index (κ3) is 7.17. The van der Waals surface area contributed by atoms with Crippen LogP contribution in [0.2, 0.25) is 0 Å². The fourth-order valence-electron chi connectivity index (χ4n) is 4.86. The molecule has 0 radical (unpaired) electrons. The number of carbonyl (C=O) groups is 1. The predicted molar refractivity (Wildman–Crippen MR) is 163 cm³/mol. The summed E-state index contributed by atoms with van der Waals surface area (Å²) in [6, 6.07) is 30.5. The van der Waals surface area contributed by atoms with Crippen molar-refractivity contribution in [2.24, 2.45) is 0 Å². The minimum Gasteiger partial charge on any atom is -0.497 e. The number of anilines is 1. The smallest absolute Gasteiger partial charge is 0.264 e. The molecule has 218 valence electrons. The summed E-state index contributed by atoms with van der Waals surface area (Å²) in [7, 11) is -2.50. The second-order valence-corrected chi connectivity index (χ2v) is 11.9. The molecule has 0 bridgehead atoms. The van der Waals surface area contributed by atoms with Crippen LogP contribution in [0.3, 0.4) is 0 Å². The van der Waals surface area contributed by atoms with Crippen LogP contribution in [0, 0.1) is 0 Å². The van der Waals surface area contributed by atoms with Gasteiger partial charge in [0.2, 0.25) is 0 Å². The van der Waals surface area contributed by atoms with Gasteiger partial charge in [-0.15, -0.1) is 0 Å². The van der Waals surface area contributed by atoms with Gasteiger partial charge in [0.25, 0.3) is 15.9 Å². The van der Waals surface area contributed by atoms with Crippen LogP contribution in [0.15, 0.2) is 108 Å². The molecule has 4 aromatic carbocycles. The first kappa shape index (κ1) is 29.3. The summed E-state index contributed by atoms with van der Waals surface area (Å²) in [6.45, 7) is 4.60. The molecular weight excluding hydrogens is 550 g/mol. The molecule has 8 nitrogen and oxygen atoms in total. The highest BCUT2D eigenvalue weighted by molar-refractivity contribution is 7.92. The minimum atomic E-state index is -4.03. The zero-order chi connectivity index (χ0) is 29.4. The van der Waals surface area contributed by atoms with Crippen LogP contribution >= 0.6 is 0 Å². The number of ether oxygens (including phenoxy) is 2. The van der Waals surface area contributed by atoms with Crippen molar-refractivity contribution in [1.29, 1.82) is 0 Å². The van der Waals surface area contributed by atoms with Crippen molar-refractivity contribution in [3.05, 3.63) is 125 Å². The Morgan fingerprint density at radius 1 is 0.833 bits per heavy atom. The number of amides is 1. The van der Waals surface area contributed by atoms with Crippen molar-refractivity contribution < 1.29 is 22.7 Å². The van der Waals surface area contributed by atoms with E-state index in [0.29, 0.717) is 18.0 Å². The predicted octanol–water partition coefficient (Wildman–Crippen LogP) is 4.85. The minimum absolute atomic E-state index is 0.0596. The van der Waals surface area contributed by atoms with Crippen molar-refractivity contribution in [2.45, 2.75) is 24.5 Å². The molecule has 1 aliphatic heterocycles. The number of nitrogens with zero attached hydrogens (tertiary/aromatic N) is 2. The lowest BCUT2D eigenvalue weighted by atomic mass is 10.1.